The Kier molecular flexibility index (Phi) is 5.84. The molecule has 4 rings (SSSR count). The molecule has 1 fully saturated rings. The summed E-state index contributed by atoms with van der Waals surface area (Å²) >= 11 is 0. The maximum Gasteiger partial charge on any atom is 0.244 e. The topological polar surface area (TPSA) is 106 Å². The molecule has 0 spiro atoms. The number of H-pyrrole nitrogens is 1. The summed E-state index contributed by atoms with van der Waals surface area (Å²) in [4.78, 5) is 0. The number of nitriles is 1. The Labute approximate surface area is 176 Å². The fraction of sp³-hybridized carbons (Fsp3) is 0.478. The summed E-state index contributed by atoms with van der Waals surface area (Å²) < 4.78 is 17.5. The average Bonchev–Trinajstić information content (AvgIpc) is 3.41. The zero-order chi connectivity index (χ0) is 21.1. The van der Waals surface area contributed by atoms with Crippen LogP contribution in [-0.2, 0) is 6.42 Å². The van der Waals surface area contributed by atoms with Crippen molar-refractivity contribution in [3.05, 3.63) is 46.5 Å². The third-order valence-corrected chi connectivity index (χ3v) is 5.92. The molecule has 1 aromatic heterocycles. The van der Waals surface area contributed by atoms with Gasteiger partial charge in [-0.15, -0.1) is 5.10 Å². The van der Waals surface area contributed by atoms with Gasteiger partial charge in [-0.2, -0.15) is 5.26 Å². The van der Waals surface area contributed by atoms with Crippen molar-refractivity contribution < 1.29 is 14.2 Å². The van der Waals surface area contributed by atoms with Crippen molar-refractivity contribution in [2.24, 2.45) is 5.73 Å². The van der Waals surface area contributed by atoms with Crippen LogP contribution >= 0.6 is 0 Å². The molecule has 0 unspecified atom stereocenters. The van der Waals surface area contributed by atoms with Gasteiger partial charge < -0.3 is 19.9 Å². The molecule has 2 heterocycles. The summed E-state index contributed by atoms with van der Waals surface area (Å²) in [5, 5.41) is 17.2. The number of nitrogens with zero attached hydrogens (tertiary/aromatic N) is 2. The van der Waals surface area contributed by atoms with E-state index in [1.54, 1.807) is 7.11 Å². The fourth-order valence-corrected chi connectivity index (χ4v) is 4.33. The number of fused-ring (bicyclic) bond motifs is 1. The Bertz CT molecular complexity index is 983. The van der Waals surface area contributed by atoms with Crippen LogP contribution in [0, 0.1) is 11.3 Å². The van der Waals surface area contributed by atoms with Gasteiger partial charge in [0, 0.05) is 11.3 Å². The number of hydrogen-bond donors (Lipinski definition) is 2. The second kappa shape index (κ2) is 8.70. The van der Waals surface area contributed by atoms with Crippen LogP contribution in [0.4, 0.5) is 0 Å². The molecule has 30 heavy (non-hydrogen) atoms. The zero-order valence-corrected chi connectivity index (χ0v) is 17.5. The number of unbranched alkanes of at least 4 members (excludes halogenated alkanes) is 1. The molecule has 1 atom stereocenters. The highest BCUT2D eigenvalue weighted by molar-refractivity contribution is 5.57. The van der Waals surface area contributed by atoms with E-state index in [0.717, 1.165) is 54.7 Å². The first-order chi connectivity index (χ1) is 14.7. The molecule has 3 N–H and O–H groups in total. The molecule has 0 bridgehead atoms. The predicted molar refractivity (Wildman–Crippen MR) is 112 cm³/mol. The van der Waals surface area contributed by atoms with E-state index < -0.39 is 0 Å². The molecule has 0 radical (unpaired) electrons. The lowest BCUT2D eigenvalue weighted by Crippen LogP contribution is -2.21. The van der Waals surface area contributed by atoms with Crippen LogP contribution in [-0.4, -0.2) is 23.4 Å². The molecule has 158 valence electrons. The van der Waals surface area contributed by atoms with Crippen molar-refractivity contribution in [1.82, 2.24) is 10.2 Å². The van der Waals surface area contributed by atoms with E-state index in [9.17, 15) is 5.26 Å². The number of aryl methyl sites for hydroxylation is 1. The Morgan fingerprint density at radius 2 is 2.10 bits per heavy atom. The van der Waals surface area contributed by atoms with Crippen LogP contribution < -0.4 is 19.9 Å². The van der Waals surface area contributed by atoms with E-state index in [1.807, 2.05) is 18.2 Å². The number of allylic oxidation sites excluding steroid dienone is 1. The van der Waals surface area contributed by atoms with E-state index in [-0.39, 0.29) is 17.9 Å². The number of ether oxygens (including phenoxy) is 3. The predicted octanol–water partition coefficient (Wildman–Crippen LogP) is 4.30. The molecule has 1 saturated carbocycles. The van der Waals surface area contributed by atoms with E-state index in [0.29, 0.717) is 17.2 Å². The number of aromatic amines is 1. The SMILES string of the molecule is CCCCc1[nH]nc2c1[C@H](c1ccc(OC3CCCC3)c(OC)c1)C(C#N)=C(N)O2. The summed E-state index contributed by atoms with van der Waals surface area (Å²) in [6, 6.07) is 8.09. The molecular weight excluding hydrogens is 380 g/mol. The minimum absolute atomic E-state index is 0.0915. The number of benzene rings is 1. The maximum atomic E-state index is 9.84. The molecule has 1 aromatic carbocycles. The Morgan fingerprint density at radius 1 is 1.30 bits per heavy atom. The standard InChI is InChI=1S/C23H28N4O3/c1-3-4-9-17-21-20(16(13-24)22(25)30-23(21)27-26-17)14-10-11-18(19(12-14)28-2)29-15-7-5-6-8-15/h10-12,15,20H,3-9,25H2,1-2H3,(H,26,27)/t20-/m1/s1. The highest BCUT2D eigenvalue weighted by Crippen LogP contribution is 2.45. The van der Waals surface area contributed by atoms with Crippen LogP contribution in [0.5, 0.6) is 17.4 Å². The first-order valence-electron chi connectivity index (χ1n) is 10.7. The molecule has 1 aliphatic carbocycles. The number of methoxy groups -OCH3 is 1. The lowest BCUT2D eigenvalue weighted by Gasteiger charge is -2.25. The van der Waals surface area contributed by atoms with Gasteiger partial charge in [-0.25, -0.2) is 0 Å². The van der Waals surface area contributed by atoms with Gasteiger partial charge >= 0.3 is 0 Å². The molecule has 0 saturated heterocycles. The van der Waals surface area contributed by atoms with E-state index in [2.05, 4.69) is 23.2 Å². The summed E-state index contributed by atoms with van der Waals surface area (Å²) in [5.74, 6) is 1.55. The number of nitrogens with one attached hydrogen (secondary N) is 1. The molecule has 0 amide bonds. The van der Waals surface area contributed by atoms with Gasteiger partial charge in [-0.05, 0) is 56.2 Å². The fourth-order valence-electron chi connectivity index (χ4n) is 4.33. The van der Waals surface area contributed by atoms with Crippen LogP contribution in [0.25, 0.3) is 0 Å². The van der Waals surface area contributed by atoms with Gasteiger partial charge in [0.2, 0.25) is 11.8 Å². The minimum atomic E-state index is -0.362. The summed E-state index contributed by atoms with van der Waals surface area (Å²) in [5.41, 5.74) is 9.21. The van der Waals surface area contributed by atoms with E-state index in [1.165, 1.54) is 12.8 Å². The third-order valence-electron chi connectivity index (χ3n) is 5.92. The van der Waals surface area contributed by atoms with Crippen molar-refractivity contribution >= 4 is 0 Å². The number of hydrogen-bond acceptors (Lipinski definition) is 6. The lowest BCUT2D eigenvalue weighted by molar-refractivity contribution is 0.200. The summed E-state index contributed by atoms with van der Waals surface area (Å²) in [6.45, 7) is 2.14. The largest absolute Gasteiger partial charge is 0.493 e. The molecule has 7 heteroatoms. The lowest BCUT2D eigenvalue weighted by atomic mass is 9.83. The van der Waals surface area contributed by atoms with E-state index in [4.69, 9.17) is 19.9 Å². The second-order valence-corrected chi connectivity index (χ2v) is 7.88. The first-order valence-corrected chi connectivity index (χ1v) is 10.7. The molecule has 2 aliphatic rings. The van der Waals surface area contributed by atoms with Gasteiger partial charge in [0.05, 0.1) is 19.1 Å². The van der Waals surface area contributed by atoms with E-state index >= 15 is 0 Å². The second-order valence-electron chi connectivity index (χ2n) is 7.88. The van der Waals surface area contributed by atoms with Crippen molar-refractivity contribution in [3.8, 4) is 23.4 Å². The van der Waals surface area contributed by atoms with Crippen molar-refractivity contribution in [1.29, 1.82) is 5.26 Å². The summed E-state index contributed by atoms with van der Waals surface area (Å²) in [7, 11) is 1.63. The smallest absolute Gasteiger partial charge is 0.244 e. The maximum absolute atomic E-state index is 9.84. The van der Waals surface area contributed by atoms with Crippen LogP contribution in [0.3, 0.4) is 0 Å². The molecule has 1 aliphatic heterocycles. The number of rotatable bonds is 7. The minimum Gasteiger partial charge on any atom is -0.493 e. The molecular formula is C23H28N4O3. The van der Waals surface area contributed by atoms with Gasteiger partial charge in [0.15, 0.2) is 11.5 Å². The van der Waals surface area contributed by atoms with Crippen LogP contribution in [0.1, 0.15) is 68.2 Å². The van der Waals surface area contributed by atoms with Gasteiger partial charge in [-0.3, -0.25) is 5.10 Å². The monoisotopic (exact) mass is 408 g/mol. The zero-order valence-electron chi connectivity index (χ0n) is 17.5. The van der Waals surface area contributed by atoms with Crippen molar-refractivity contribution in [2.45, 2.75) is 63.9 Å². The van der Waals surface area contributed by atoms with Crippen molar-refractivity contribution in [3.63, 3.8) is 0 Å². The Balaban J connectivity index is 1.74. The molecule has 7 nitrogen and oxygen atoms in total. The Morgan fingerprint density at radius 3 is 2.80 bits per heavy atom. The summed E-state index contributed by atoms with van der Waals surface area (Å²) in [6.07, 6.45) is 7.68. The Hall–Kier alpha value is -3.14. The van der Waals surface area contributed by atoms with Crippen LogP contribution in [0.15, 0.2) is 29.7 Å². The average molecular weight is 409 g/mol. The number of nitrogens with two attached hydrogens (primary N) is 1. The molecule has 2 aromatic rings. The van der Waals surface area contributed by atoms with Crippen molar-refractivity contribution in [2.75, 3.05) is 7.11 Å². The third kappa shape index (κ3) is 3.70. The first kappa shape index (κ1) is 20.1. The highest BCUT2D eigenvalue weighted by Gasteiger charge is 2.35. The van der Waals surface area contributed by atoms with Gasteiger partial charge in [0.1, 0.15) is 11.6 Å². The normalized spacial score (nSPS) is 18.6. The quantitative estimate of drug-likeness (QED) is 0.707. The van der Waals surface area contributed by atoms with Gasteiger partial charge in [0.25, 0.3) is 0 Å². The highest BCUT2D eigenvalue weighted by atomic mass is 16.5. The van der Waals surface area contributed by atoms with Crippen LogP contribution in [0.2, 0.25) is 0 Å². The number of aromatic nitrogens is 2. The van der Waals surface area contributed by atoms with Gasteiger partial charge in [-0.1, -0.05) is 19.4 Å².